The van der Waals surface area contributed by atoms with E-state index in [9.17, 15) is 9.59 Å². The Morgan fingerprint density at radius 1 is 1.32 bits per heavy atom. The molecule has 1 aliphatic carbocycles. The number of carbonyl (C=O) groups is 2. The zero-order valence-electron chi connectivity index (χ0n) is 11.8. The number of benzene rings is 1. The lowest BCUT2D eigenvalue weighted by atomic mass is 10.2. The first-order valence-electron chi connectivity index (χ1n) is 6.99. The molecule has 0 saturated heterocycles. The van der Waals surface area contributed by atoms with E-state index in [1.165, 1.54) is 0 Å². The molecule has 0 bridgehead atoms. The first-order chi connectivity index (χ1) is 10.6. The van der Waals surface area contributed by atoms with Gasteiger partial charge in [0.25, 0.3) is 11.8 Å². The van der Waals surface area contributed by atoms with Crippen LogP contribution in [-0.2, 0) is 4.79 Å². The molecule has 4 N–H and O–H groups in total. The fourth-order valence-electron chi connectivity index (χ4n) is 2.04. The van der Waals surface area contributed by atoms with Gasteiger partial charge < -0.3 is 15.8 Å². The van der Waals surface area contributed by atoms with Crippen molar-refractivity contribution in [3.8, 4) is 5.75 Å². The summed E-state index contributed by atoms with van der Waals surface area (Å²) in [5.41, 5.74) is 7.00. The van der Waals surface area contributed by atoms with Gasteiger partial charge in [0.15, 0.2) is 12.3 Å². The predicted molar refractivity (Wildman–Crippen MR) is 79.6 cm³/mol. The second-order valence-corrected chi connectivity index (χ2v) is 5.22. The first kappa shape index (κ1) is 14.1. The van der Waals surface area contributed by atoms with Crippen molar-refractivity contribution in [3.05, 3.63) is 41.7 Å². The number of nitrogens with two attached hydrogens (primary N) is 1. The number of ether oxygens (including phenoxy) is 1. The Morgan fingerprint density at radius 2 is 2.05 bits per heavy atom. The molecule has 0 unspecified atom stereocenters. The number of hydrogen-bond donors (Lipinski definition) is 3. The Balaban J connectivity index is 1.59. The van der Waals surface area contributed by atoms with Gasteiger partial charge in [0.05, 0.1) is 0 Å². The molecule has 1 heterocycles. The van der Waals surface area contributed by atoms with E-state index >= 15 is 0 Å². The average Bonchev–Trinajstić information content (AvgIpc) is 3.23. The van der Waals surface area contributed by atoms with Gasteiger partial charge in [-0.1, -0.05) is 0 Å². The van der Waals surface area contributed by atoms with Crippen LogP contribution in [0, 0.1) is 0 Å². The fraction of sp³-hybridized carbons (Fsp3) is 0.267. The third-order valence-corrected chi connectivity index (χ3v) is 3.34. The van der Waals surface area contributed by atoms with E-state index in [-0.39, 0.29) is 12.5 Å². The summed E-state index contributed by atoms with van der Waals surface area (Å²) in [6.07, 6.45) is 2.30. The molecule has 2 aromatic rings. The Kier molecular flexibility index (Phi) is 3.78. The number of carbonyl (C=O) groups excluding carboxylic acids is 2. The van der Waals surface area contributed by atoms with E-state index in [1.54, 1.807) is 30.3 Å². The smallest absolute Gasteiger partial charge is 0.276 e. The molecular formula is C15H16N4O3. The summed E-state index contributed by atoms with van der Waals surface area (Å²) in [4.78, 5) is 22.7. The zero-order chi connectivity index (χ0) is 15.5. The van der Waals surface area contributed by atoms with Crippen LogP contribution in [0.15, 0.2) is 30.3 Å². The molecule has 7 heteroatoms. The van der Waals surface area contributed by atoms with Crippen LogP contribution in [0.25, 0.3) is 0 Å². The maximum atomic E-state index is 12.1. The molecule has 1 fully saturated rings. The van der Waals surface area contributed by atoms with Gasteiger partial charge in [-0.15, -0.1) is 0 Å². The molecule has 1 aromatic heterocycles. The van der Waals surface area contributed by atoms with Crippen molar-refractivity contribution in [1.29, 1.82) is 0 Å². The summed E-state index contributed by atoms with van der Waals surface area (Å²) in [5.74, 6) is 0.222. The van der Waals surface area contributed by atoms with Crippen molar-refractivity contribution in [2.24, 2.45) is 5.73 Å². The van der Waals surface area contributed by atoms with Gasteiger partial charge in [-0.05, 0) is 43.2 Å². The second-order valence-electron chi connectivity index (χ2n) is 5.22. The molecule has 7 nitrogen and oxygen atoms in total. The van der Waals surface area contributed by atoms with E-state index in [2.05, 4.69) is 15.5 Å². The molecule has 2 amide bonds. The molecular weight excluding hydrogens is 284 g/mol. The molecule has 1 aromatic carbocycles. The number of nitrogens with one attached hydrogen (secondary N) is 2. The highest BCUT2D eigenvalue weighted by atomic mass is 16.5. The Labute approximate surface area is 126 Å². The highest BCUT2D eigenvalue weighted by Gasteiger charge is 2.26. The van der Waals surface area contributed by atoms with Crippen LogP contribution >= 0.6 is 0 Å². The lowest BCUT2D eigenvalue weighted by Crippen LogP contribution is -2.20. The van der Waals surface area contributed by atoms with Crippen LogP contribution in [0.5, 0.6) is 5.75 Å². The van der Waals surface area contributed by atoms with Crippen LogP contribution in [-0.4, -0.2) is 28.6 Å². The molecule has 3 rings (SSSR count). The summed E-state index contributed by atoms with van der Waals surface area (Å²) >= 11 is 0. The largest absolute Gasteiger partial charge is 0.484 e. The van der Waals surface area contributed by atoms with Crippen molar-refractivity contribution in [3.63, 3.8) is 0 Å². The van der Waals surface area contributed by atoms with Gasteiger partial charge in [-0.2, -0.15) is 5.10 Å². The minimum Gasteiger partial charge on any atom is -0.484 e. The van der Waals surface area contributed by atoms with Crippen molar-refractivity contribution in [2.45, 2.75) is 18.8 Å². The summed E-state index contributed by atoms with van der Waals surface area (Å²) in [6.45, 7) is -0.178. The third kappa shape index (κ3) is 3.43. The summed E-state index contributed by atoms with van der Waals surface area (Å²) in [7, 11) is 0. The third-order valence-electron chi connectivity index (χ3n) is 3.34. The summed E-state index contributed by atoms with van der Waals surface area (Å²) < 4.78 is 5.14. The summed E-state index contributed by atoms with van der Waals surface area (Å²) in [5, 5.41) is 9.68. The number of primary amides is 1. The number of amides is 2. The molecule has 0 aliphatic heterocycles. The van der Waals surface area contributed by atoms with Crippen LogP contribution < -0.4 is 15.8 Å². The Bertz CT molecular complexity index is 689. The van der Waals surface area contributed by atoms with Gasteiger partial charge in [0, 0.05) is 17.3 Å². The van der Waals surface area contributed by atoms with E-state index in [0.717, 1.165) is 18.5 Å². The van der Waals surface area contributed by atoms with E-state index < -0.39 is 5.91 Å². The maximum absolute atomic E-state index is 12.1. The lowest BCUT2D eigenvalue weighted by molar-refractivity contribution is -0.119. The number of anilines is 1. The minimum absolute atomic E-state index is 0.178. The molecule has 0 atom stereocenters. The van der Waals surface area contributed by atoms with Crippen molar-refractivity contribution < 1.29 is 14.3 Å². The fourth-order valence-corrected chi connectivity index (χ4v) is 2.04. The second kappa shape index (κ2) is 5.88. The van der Waals surface area contributed by atoms with Crippen LogP contribution in [0.3, 0.4) is 0 Å². The number of hydrogen-bond acceptors (Lipinski definition) is 4. The Morgan fingerprint density at radius 3 is 2.68 bits per heavy atom. The van der Waals surface area contributed by atoms with Gasteiger partial charge in [-0.3, -0.25) is 14.7 Å². The number of rotatable bonds is 6. The normalized spacial score (nSPS) is 13.6. The SMILES string of the molecule is NC(=O)COc1ccc(NC(=O)c2cc(C3CC3)[nH]n2)cc1. The predicted octanol–water partition coefficient (Wildman–Crippen LogP) is 1.40. The molecule has 1 aliphatic rings. The monoisotopic (exact) mass is 300 g/mol. The van der Waals surface area contributed by atoms with Gasteiger partial charge in [-0.25, -0.2) is 0 Å². The summed E-state index contributed by atoms with van der Waals surface area (Å²) in [6, 6.07) is 8.46. The maximum Gasteiger partial charge on any atom is 0.276 e. The highest BCUT2D eigenvalue weighted by Crippen LogP contribution is 2.39. The highest BCUT2D eigenvalue weighted by molar-refractivity contribution is 6.02. The van der Waals surface area contributed by atoms with E-state index in [0.29, 0.717) is 23.0 Å². The number of nitrogens with zero attached hydrogens (tertiary/aromatic N) is 1. The minimum atomic E-state index is -0.539. The van der Waals surface area contributed by atoms with Gasteiger partial charge in [0.1, 0.15) is 5.75 Å². The quantitative estimate of drug-likeness (QED) is 0.749. The zero-order valence-corrected chi connectivity index (χ0v) is 11.8. The molecule has 1 saturated carbocycles. The number of aromatic nitrogens is 2. The standard InChI is InChI=1S/C15H16N4O3/c16-14(20)8-22-11-5-3-10(4-6-11)17-15(21)13-7-12(18-19-13)9-1-2-9/h3-7,9H,1-2,8H2,(H2,16,20)(H,17,21)(H,18,19). The lowest BCUT2D eigenvalue weighted by Gasteiger charge is -2.06. The van der Waals surface area contributed by atoms with Crippen LogP contribution in [0.1, 0.15) is 34.9 Å². The van der Waals surface area contributed by atoms with Crippen LogP contribution in [0.4, 0.5) is 5.69 Å². The molecule has 0 spiro atoms. The average molecular weight is 300 g/mol. The first-order valence-corrected chi connectivity index (χ1v) is 6.99. The molecule has 22 heavy (non-hydrogen) atoms. The van der Waals surface area contributed by atoms with E-state index in [1.807, 2.05) is 0 Å². The van der Waals surface area contributed by atoms with Crippen LogP contribution in [0.2, 0.25) is 0 Å². The molecule has 114 valence electrons. The topological polar surface area (TPSA) is 110 Å². The number of aromatic amines is 1. The van der Waals surface area contributed by atoms with E-state index in [4.69, 9.17) is 10.5 Å². The van der Waals surface area contributed by atoms with Gasteiger partial charge >= 0.3 is 0 Å². The van der Waals surface area contributed by atoms with Crippen molar-refractivity contribution >= 4 is 17.5 Å². The molecule has 0 radical (unpaired) electrons. The van der Waals surface area contributed by atoms with Crippen molar-refractivity contribution in [2.75, 3.05) is 11.9 Å². The number of H-pyrrole nitrogens is 1. The van der Waals surface area contributed by atoms with Crippen molar-refractivity contribution in [1.82, 2.24) is 10.2 Å². The van der Waals surface area contributed by atoms with Gasteiger partial charge in [0.2, 0.25) is 0 Å². The Hall–Kier alpha value is -2.83.